The van der Waals surface area contributed by atoms with Crippen LogP contribution in [0.25, 0.3) is 28.3 Å². The largest absolute Gasteiger partial charge is 0.377 e. The van der Waals surface area contributed by atoms with Crippen molar-refractivity contribution in [3.63, 3.8) is 0 Å². The number of fused-ring (bicyclic) bond motifs is 1. The first-order chi connectivity index (χ1) is 14.0. The van der Waals surface area contributed by atoms with Crippen molar-refractivity contribution in [2.45, 2.75) is 26.8 Å². The van der Waals surface area contributed by atoms with E-state index in [1.807, 2.05) is 35.4 Å². The molecule has 9 heteroatoms. The van der Waals surface area contributed by atoms with Crippen LogP contribution in [0.4, 0.5) is 5.82 Å². The van der Waals surface area contributed by atoms with Crippen LogP contribution >= 0.6 is 0 Å². The van der Waals surface area contributed by atoms with Crippen LogP contribution in [0.3, 0.4) is 0 Å². The van der Waals surface area contributed by atoms with Gasteiger partial charge < -0.3 is 9.64 Å². The van der Waals surface area contributed by atoms with Crippen molar-refractivity contribution in [1.29, 1.82) is 0 Å². The second-order valence-electron chi connectivity index (χ2n) is 7.58. The van der Waals surface area contributed by atoms with Crippen LogP contribution in [0.1, 0.15) is 18.2 Å². The van der Waals surface area contributed by atoms with E-state index in [9.17, 15) is 0 Å². The molecule has 9 nitrogen and oxygen atoms in total. The number of nitrogens with one attached hydrogen (secondary N) is 1. The lowest BCUT2D eigenvalue weighted by atomic mass is 10.1. The van der Waals surface area contributed by atoms with Crippen LogP contribution in [-0.4, -0.2) is 60.4 Å². The van der Waals surface area contributed by atoms with Gasteiger partial charge in [0.05, 0.1) is 42.4 Å². The summed E-state index contributed by atoms with van der Waals surface area (Å²) in [4.78, 5) is 7.12. The molecule has 0 aromatic carbocycles. The third-order valence-corrected chi connectivity index (χ3v) is 5.54. The molecule has 1 N–H and O–H groups in total. The van der Waals surface area contributed by atoms with Crippen LogP contribution in [0.5, 0.6) is 0 Å². The zero-order valence-electron chi connectivity index (χ0n) is 17.0. The van der Waals surface area contributed by atoms with E-state index in [0.29, 0.717) is 13.2 Å². The van der Waals surface area contributed by atoms with Crippen LogP contribution < -0.4 is 4.90 Å². The Balaban J connectivity index is 1.82. The molecule has 4 aromatic heterocycles. The van der Waals surface area contributed by atoms with Crippen molar-refractivity contribution in [2.75, 3.05) is 24.7 Å². The highest BCUT2D eigenvalue weighted by molar-refractivity contribution is 5.85. The van der Waals surface area contributed by atoms with E-state index < -0.39 is 0 Å². The number of aromatic nitrogens is 7. The number of hydrogen-bond acceptors (Lipinski definition) is 6. The number of imidazole rings is 1. The van der Waals surface area contributed by atoms with Gasteiger partial charge >= 0.3 is 0 Å². The van der Waals surface area contributed by atoms with Gasteiger partial charge in [-0.3, -0.25) is 9.78 Å². The number of H-pyrrole nitrogens is 1. The van der Waals surface area contributed by atoms with Gasteiger partial charge in [0.15, 0.2) is 11.6 Å². The lowest BCUT2D eigenvalue weighted by Crippen LogP contribution is -2.44. The molecular weight excluding hydrogens is 368 g/mol. The fourth-order valence-corrected chi connectivity index (χ4v) is 4.13. The first-order valence-corrected chi connectivity index (χ1v) is 9.78. The first kappa shape index (κ1) is 17.9. The van der Waals surface area contributed by atoms with Crippen molar-refractivity contribution < 1.29 is 4.74 Å². The first-order valence-electron chi connectivity index (χ1n) is 9.78. The lowest BCUT2D eigenvalue weighted by Gasteiger charge is -2.34. The predicted octanol–water partition coefficient (Wildman–Crippen LogP) is 2.36. The molecule has 0 spiro atoms. The summed E-state index contributed by atoms with van der Waals surface area (Å²) >= 11 is 0. The van der Waals surface area contributed by atoms with E-state index >= 15 is 0 Å². The quantitative estimate of drug-likeness (QED) is 0.576. The van der Waals surface area contributed by atoms with Crippen LogP contribution in [0.15, 0.2) is 24.5 Å². The highest BCUT2D eigenvalue weighted by Crippen LogP contribution is 2.34. The van der Waals surface area contributed by atoms with Crippen molar-refractivity contribution in [1.82, 2.24) is 34.6 Å². The second kappa shape index (κ2) is 6.70. The predicted molar refractivity (Wildman–Crippen MR) is 110 cm³/mol. The molecule has 4 aromatic rings. The van der Waals surface area contributed by atoms with Crippen molar-refractivity contribution in [2.24, 2.45) is 7.05 Å². The van der Waals surface area contributed by atoms with Crippen LogP contribution in [0, 0.1) is 13.8 Å². The zero-order valence-corrected chi connectivity index (χ0v) is 17.0. The monoisotopic (exact) mass is 392 g/mol. The standard InChI is InChI=1S/C20H24N8O/c1-12-10-22-26(4)18(12)15-9-17(27-7-8-29-11-13(27)2)25-28-19(15)14(3)23-20(28)16-5-6-21-24-16/h5-6,9-10,13H,7-8,11H2,1-4H3,(H,21,24). The summed E-state index contributed by atoms with van der Waals surface area (Å²) < 4.78 is 9.48. The Kier molecular flexibility index (Phi) is 4.13. The van der Waals surface area contributed by atoms with Gasteiger partial charge in [-0.15, -0.1) is 5.10 Å². The Labute approximate surface area is 168 Å². The van der Waals surface area contributed by atoms with Gasteiger partial charge in [-0.05, 0) is 38.5 Å². The molecule has 0 bridgehead atoms. The van der Waals surface area contributed by atoms with E-state index in [1.165, 1.54) is 0 Å². The highest BCUT2D eigenvalue weighted by atomic mass is 16.5. The minimum atomic E-state index is 0.245. The molecule has 1 aliphatic rings. The lowest BCUT2D eigenvalue weighted by molar-refractivity contribution is 0.0984. The molecule has 5 heterocycles. The van der Waals surface area contributed by atoms with E-state index in [4.69, 9.17) is 14.8 Å². The summed E-state index contributed by atoms with van der Waals surface area (Å²) in [5.41, 5.74) is 5.98. The molecule has 5 rings (SSSR count). The Morgan fingerprint density at radius 3 is 2.83 bits per heavy atom. The number of ether oxygens (including phenoxy) is 1. The maximum atomic E-state index is 5.63. The molecule has 1 atom stereocenters. The number of nitrogens with zero attached hydrogens (tertiary/aromatic N) is 7. The molecular formula is C20H24N8O. The Bertz CT molecular complexity index is 1150. The summed E-state index contributed by atoms with van der Waals surface area (Å²) in [5.74, 6) is 1.65. The van der Waals surface area contributed by atoms with Crippen LogP contribution in [0.2, 0.25) is 0 Å². The summed E-state index contributed by atoms with van der Waals surface area (Å²) in [7, 11) is 1.97. The summed E-state index contributed by atoms with van der Waals surface area (Å²) in [5, 5.41) is 16.6. The van der Waals surface area contributed by atoms with Gasteiger partial charge in [0.1, 0.15) is 5.69 Å². The van der Waals surface area contributed by atoms with E-state index in [1.54, 1.807) is 6.20 Å². The molecule has 0 amide bonds. The highest BCUT2D eigenvalue weighted by Gasteiger charge is 2.25. The second-order valence-corrected chi connectivity index (χ2v) is 7.58. The molecule has 0 aliphatic carbocycles. The molecule has 1 unspecified atom stereocenters. The van der Waals surface area contributed by atoms with E-state index in [-0.39, 0.29) is 6.04 Å². The average molecular weight is 392 g/mol. The van der Waals surface area contributed by atoms with Gasteiger partial charge in [0.2, 0.25) is 0 Å². The van der Waals surface area contributed by atoms with Crippen molar-refractivity contribution in [3.8, 4) is 22.8 Å². The van der Waals surface area contributed by atoms with Crippen molar-refractivity contribution in [3.05, 3.63) is 35.8 Å². The number of aromatic amines is 1. The number of hydrogen-bond donors (Lipinski definition) is 1. The van der Waals surface area contributed by atoms with E-state index in [2.05, 4.69) is 40.1 Å². The Morgan fingerprint density at radius 2 is 2.14 bits per heavy atom. The Hall–Kier alpha value is -3.20. The van der Waals surface area contributed by atoms with Crippen LogP contribution in [-0.2, 0) is 11.8 Å². The summed E-state index contributed by atoms with van der Waals surface area (Å²) in [6.07, 6.45) is 3.62. The van der Waals surface area contributed by atoms with Gasteiger partial charge in [-0.1, -0.05) is 0 Å². The fourth-order valence-electron chi connectivity index (χ4n) is 4.13. The molecule has 1 aliphatic heterocycles. The molecule has 0 radical (unpaired) electrons. The number of aryl methyl sites for hydroxylation is 3. The fraction of sp³-hybridized carbons (Fsp3) is 0.400. The van der Waals surface area contributed by atoms with Gasteiger partial charge in [0.25, 0.3) is 0 Å². The molecule has 1 fully saturated rings. The summed E-state index contributed by atoms with van der Waals surface area (Å²) in [6, 6.07) is 4.32. The molecule has 1 saturated heterocycles. The minimum absolute atomic E-state index is 0.245. The molecule has 0 saturated carbocycles. The van der Waals surface area contributed by atoms with Gasteiger partial charge in [-0.2, -0.15) is 10.2 Å². The number of morpholine rings is 1. The number of rotatable bonds is 3. The Morgan fingerprint density at radius 1 is 1.28 bits per heavy atom. The number of anilines is 1. The third-order valence-electron chi connectivity index (χ3n) is 5.54. The normalized spacial score (nSPS) is 17.4. The smallest absolute Gasteiger partial charge is 0.179 e. The van der Waals surface area contributed by atoms with Crippen molar-refractivity contribution >= 4 is 11.3 Å². The summed E-state index contributed by atoms with van der Waals surface area (Å²) in [6.45, 7) is 8.45. The van der Waals surface area contributed by atoms with E-state index in [0.717, 1.165) is 51.9 Å². The molecule has 29 heavy (non-hydrogen) atoms. The topological polar surface area (TPSA) is 89.2 Å². The third kappa shape index (κ3) is 2.80. The van der Waals surface area contributed by atoms with Gasteiger partial charge in [0, 0.05) is 25.4 Å². The maximum absolute atomic E-state index is 5.63. The SMILES string of the molecule is Cc1cnn(C)c1-c1cc(N2CCOCC2C)nn2c(-c3ccn[nH]3)nc(C)c12. The van der Waals surface area contributed by atoms with Gasteiger partial charge in [-0.25, -0.2) is 9.50 Å². The average Bonchev–Trinajstić information content (AvgIpc) is 3.42. The molecule has 150 valence electrons. The maximum Gasteiger partial charge on any atom is 0.179 e. The zero-order chi connectivity index (χ0) is 20.1. The minimum Gasteiger partial charge on any atom is -0.377 e.